The highest BCUT2D eigenvalue weighted by atomic mass is 14.3. The molecule has 4 bridgehead atoms. The van der Waals surface area contributed by atoms with Crippen LogP contribution in [0, 0.1) is 0 Å². The molecule has 2 saturated carbocycles. The van der Waals surface area contributed by atoms with Gasteiger partial charge >= 0.3 is 0 Å². The second kappa shape index (κ2) is 2.31. The van der Waals surface area contributed by atoms with Crippen LogP contribution in [-0.2, 0) is 0 Å². The van der Waals surface area contributed by atoms with Gasteiger partial charge in [0, 0.05) is 0 Å². The number of hydrogen-bond donors (Lipinski definition) is 0. The normalized spacial score (nSPS) is 28.0. The van der Waals surface area contributed by atoms with Crippen LogP contribution in [0.15, 0.2) is 45.6 Å². The van der Waals surface area contributed by atoms with E-state index < -0.39 is 0 Å². The minimum Gasteiger partial charge on any atom is -0.0652 e. The number of allylic oxidation sites excluding steroid dienone is 8. The fourth-order valence-corrected chi connectivity index (χ4v) is 3.38. The van der Waals surface area contributed by atoms with Gasteiger partial charge in [-0.2, -0.15) is 0 Å². The van der Waals surface area contributed by atoms with Crippen molar-refractivity contribution in [1.82, 2.24) is 0 Å². The molecule has 0 atom stereocenters. The molecule has 14 heavy (non-hydrogen) atoms. The number of hydrogen-bond acceptors (Lipinski definition) is 0. The van der Waals surface area contributed by atoms with Crippen LogP contribution in [0.5, 0.6) is 0 Å². The van der Waals surface area contributed by atoms with Crippen molar-refractivity contribution in [3.8, 4) is 0 Å². The smallest absolute Gasteiger partial charge is 0.00957 e. The molecule has 0 radical (unpaired) electrons. The molecule has 0 heteroatoms. The van der Waals surface area contributed by atoms with Crippen LogP contribution in [0.2, 0.25) is 0 Å². The maximum absolute atomic E-state index is 2.47. The maximum atomic E-state index is 2.47. The summed E-state index contributed by atoms with van der Waals surface area (Å²) in [6, 6.07) is 0. The Balaban J connectivity index is 1.85. The molecule has 0 aliphatic heterocycles. The van der Waals surface area contributed by atoms with E-state index in [4.69, 9.17) is 0 Å². The van der Waals surface area contributed by atoms with Gasteiger partial charge in [-0.05, 0) is 49.7 Å². The SMILES string of the molecule is C1=C2CCC(=C1C1=C3CCC(=C1)C3)C2. The highest BCUT2D eigenvalue weighted by Gasteiger charge is 2.29. The first kappa shape index (κ1) is 7.28. The molecular formula is C14H14. The van der Waals surface area contributed by atoms with Gasteiger partial charge in [-0.15, -0.1) is 0 Å². The molecular weight excluding hydrogens is 168 g/mol. The Hall–Kier alpha value is -1.04. The van der Waals surface area contributed by atoms with E-state index in [2.05, 4.69) is 12.2 Å². The van der Waals surface area contributed by atoms with Gasteiger partial charge in [0.15, 0.2) is 0 Å². The summed E-state index contributed by atoms with van der Waals surface area (Å²) in [7, 11) is 0. The lowest BCUT2D eigenvalue weighted by atomic mass is 9.94. The van der Waals surface area contributed by atoms with Crippen molar-refractivity contribution in [2.45, 2.75) is 38.5 Å². The quantitative estimate of drug-likeness (QED) is 0.578. The van der Waals surface area contributed by atoms with Crippen molar-refractivity contribution >= 4 is 0 Å². The van der Waals surface area contributed by atoms with Crippen LogP contribution >= 0.6 is 0 Å². The summed E-state index contributed by atoms with van der Waals surface area (Å²) in [4.78, 5) is 0. The Kier molecular flexibility index (Phi) is 1.20. The third kappa shape index (κ3) is 0.796. The van der Waals surface area contributed by atoms with Gasteiger partial charge in [0.1, 0.15) is 0 Å². The summed E-state index contributed by atoms with van der Waals surface area (Å²) in [6.07, 6.45) is 12.9. The van der Waals surface area contributed by atoms with E-state index in [1.807, 2.05) is 0 Å². The van der Waals surface area contributed by atoms with Crippen molar-refractivity contribution in [2.24, 2.45) is 0 Å². The minimum absolute atomic E-state index is 1.30. The van der Waals surface area contributed by atoms with Gasteiger partial charge in [0.2, 0.25) is 0 Å². The van der Waals surface area contributed by atoms with Crippen LogP contribution < -0.4 is 0 Å². The number of fused-ring (bicyclic) bond motifs is 4. The third-order valence-electron chi connectivity index (χ3n) is 4.13. The zero-order chi connectivity index (χ0) is 9.12. The summed E-state index contributed by atoms with van der Waals surface area (Å²) in [5, 5.41) is 0. The highest BCUT2D eigenvalue weighted by Crippen LogP contribution is 2.48. The summed E-state index contributed by atoms with van der Waals surface area (Å²) >= 11 is 0. The first-order valence-corrected chi connectivity index (χ1v) is 5.73. The van der Waals surface area contributed by atoms with Gasteiger partial charge in [-0.25, -0.2) is 0 Å². The molecule has 0 saturated heterocycles. The van der Waals surface area contributed by atoms with Crippen LogP contribution in [0.25, 0.3) is 0 Å². The Morgan fingerprint density at radius 2 is 1.14 bits per heavy atom. The van der Waals surface area contributed by atoms with Crippen molar-refractivity contribution in [3.63, 3.8) is 0 Å². The van der Waals surface area contributed by atoms with Crippen molar-refractivity contribution in [3.05, 3.63) is 45.6 Å². The monoisotopic (exact) mass is 182 g/mol. The highest BCUT2D eigenvalue weighted by molar-refractivity contribution is 5.63. The van der Waals surface area contributed by atoms with E-state index in [1.165, 1.54) is 38.5 Å². The van der Waals surface area contributed by atoms with Crippen molar-refractivity contribution in [2.75, 3.05) is 0 Å². The molecule has 70 valence electrons. The van der Waals surface area contributed by atoms with Gasteiger partial charge in [-0.1, -0.05) is 34.4 Å². The topological polar surface area (TPSA) is 0 Å². The molecule has 0 spiro atoms. The molecule has 0 N–H and O–H groups in total. The fraction of sp³-hybridized carbons (Fsp3) is 0.429. The number of rotatable bonds is 1. The summed E-state index contributed by atoms with van der Waals surface area (Å²) in [5.74, 6) is 0. The van der Waals surface area contributed by atoms with Crippen LogP contribution in [0.4, 0.5) is 0 Å². The Morgan fingerprint density at radius 3 is 1.43 bits per heavy atom. The zero-order valence-corrected chi connectivity index (χ0v) is 8.40. The zero-order valence-electron chi connectivity index (χ0n) is 8.40. The van der Waals surface area contributed by atoms with Gasteiger partial charge < -0.3 is 0 Å². The molecule has 4 rings (SSSR count). The first-order valence-electron chi connectivity index (χ1n) is 5.73. The summed E-state index contributed by atoms with van der Waals surface area (Å²) in [5.41, 5.74) is 10.1. The molecule has 0 unspecified atom stereocenters. The lowest BCUT2D eigenvalue weighted by Gasteiger charge is -2.10. The Morgan fingerprint density at radius 1 is 0.643 bits per heavy atom. The average molecular weight is 182 g/mol. The van der Waals surface area contributed by atoms with Crippen molar-refractivity contribution in [1.29, 1.82) is 0 Å². The van der Waals surface area contributed by atoms with E-state index in [1.54, 1.807) is 33.4 Å². The average Bonchev–Trinajstić information content (AvgIpc) is 2.96. The van der Waals surface area contributed by atoms with Gasteiger partial charge in [0.25, 0.3) is 0 Å². The summed E-state index contributed by atoms with van der Waals surface area (Å²) < 4.78 is 0. The van der Waals surface area contributed by atoms with E-state index in [0.29, 0.717) is 0 Å². The van der Waals surface area contributed by atoms with Crippen LogP contribution in [0.1, 0.15) is 38.5 Å². The Bertz CT molecular complexity index is 408. The first-order chi connectivity index (χ1) is 6.90. The lowest BCUT2D eigenvalue weighted by Crippen LogP contribution is -1.92. The molecule has 2 fully saturated rings. The molecule has 4 aliphatic carbocycles. The second-order valence-corrected chi connectivity index (χ2v) is 4.99. The van der Waals surface area contributed by atoms with Crippen molar-refractivity contribution < 1.29 is 0 Å². The minimum atomic E-state index is 1.30. The maximum Gasteiger partial charge on any atom is -0.00957 e. The molecule has 0 aromatic heterocycles. The lowest BCUT2D eigenvalue weighted by molar-refractivity contribution is 0.996. The van der Waals surface area contributed by atoms with Gasteiger partial charge in [-0.3, -0.25) is 0 Å². The van der Waals surface area contributed by atoms with E-state index in [-0.39, 0.29) is 0 Å². The molecule has 0 amide bonds. The fourth-order valence-electron chi connectivity index (χ4n) is 3.38. The van der Waals surface area contributed by atoms with Crippen LogP contribution in [0.3, 0.4) is 0 Å². The molecule has 0 heterocycles. The largest absolute Gasteiger partial charge is 0.0652 e. The second-order valence-electron chi connectivity index (χ2n) is 4.99. The molecule has 0 aromatic carbocycles. The Labute approximate surface area is 84.7 Å². The van der Waals surface area contributed by atoms with E-state index in [0.717, 1.165) is 0 Å². The molecule has 0 nitrogen and oxygen atoms in total. The van der Waals surface area contributed by atoms with Gasteiger partial charge in [0.05, 0.1) is 0 Å². The molecule has 0 aromatic rings. The molecule has 4 aliphatic rings. The predicted molar refractivity (Wildman–Crippen MR) is 57.9 cm³/mol. The predicted octanol–water partition coefficient (Wildman–Crippen LogP) is 3.83. The standard InChI is InChI=1S/C14H14/c1-3-11-5-9(1)7-13(11)14-8-10-2-4-12(14)6-10/h7-8H,1-6H2. The third-order valence-corrected chi connectivity index (χ3v) is 4.13. The van der Waals surface area contributed by atoms with Crippen LogP contribution in [-0.4, -0.2) is 0 Å². The van der Waals surface area contributed by atoms with E-state index in [9.17, 15) is 0 Å². The summed E-state index contributed by atoms with van der Waals surface area (Å²) in [6.45, 7) is 0. The van der Waals surface area contributed by atoms with E-state index >= 15 is 0 Å².